The van der Waals surface area contributed by atoms with E-state index in [-0.39, 0.29) is 23.5 Å². The van der Waals surface area contributed by atoms with Gasteiger partial charge in [-0.15, -0.1) is 0 Å². The highest BCUT2D eigenvalue weighted by molar-refractivity contribution is 5.77. The quantitative estimate of drug-likeness (QED) is 0.781. The lowest BCUT2D eigenvalue weighted by atomic mass is 9.92. The number of amides is 1. The number of ether oxygens (including phenoxy) is 1. The van der Waals surface area contributed by atoms with E-state index in [2.05, 4.69) is 26.1 Å². The largest absolute Gasteiger partial charge is 0.366 e. The predicted molar refractivity (Wildman–Crippen MR) is 62.8 cm³/mol. The van der Waals surface area contributed by atoms with Crippen molar-refractivity contribution >= 4 is 5.91 Å². The van der Waals surface area contributed by atoms with Crippen LogP contribution < -0.4 is 5.32 Å². The van der Waals surface area contributed by atoms with Crippen molar-refractivity contribution in [1.29, 1.82) is 0 Å². The minimum absolute atomic E-state index is 0.0332. The van der Waals surface area contributed by atoms with Crippen molar-refractivity contribution in [2.24, 2.45) is 5.41 Å². The van der Waals surface area contributed by atoms with Crippen molar-refractivity contribution in [3.8, 4) is 0 Å². The summed E-state index contributed by atoms with van der Waals surface area (Å²) in [5.74, 6) is -0.0332. The lowest BCUT2D eigenvalue weighted by Gasteiger charge is -2.20. The zero-order chi connectivity index (χ0) is 12.1. The highest BCUT2D eigenvalue weighted by Gasteiger charge is 2.14. The topological polar surface area (TPSA) is 38.3 Å². The molecule has 0 unspecified atom stereocenters. The first-order chi connectivity index (χ1) is 6.60. The predicted octanol–water partition coefficient (Wildman–Crippen LogP) is 2.35. The molecule has 0 saturated carbocycles. The van der Waals surface area contributed by atoms with Crippen molar-refractivity contribution in [3.05, 3.63) is 0 Å². The van der Waals surface area contributed by atoms with Gasteiger partial charge >= 0.3 is 0 Å². The van der Waals surface area contributed by atoms with Gasteiger partial charge in [0.25, 0.3) is 0 Å². The lowest BCUT2D eigenvalue weighted by molar-refractivity contribution is -0.130. The van der Waals surface area contributed by atoms with Gasteiger partial charge in [-0.2, -0.15) is 0 Å². The van der Waals surface area contributed by atoms with Crippen LogP contribution in [0.3, 0.4) is 0 Å². The van der Waals surface area contributed by atoms with E-state index in [1.807, 2.05) is 20.8 Å². The molecule has 0 aromatic rings. The van der Waals surface area contributed by atoms with E-state index >= 15 is 0 Å². The van der Waals surface area contributed by atoms with E-state index in [1.54, 1.807) is 0 Å². The summed E-state index contributed by atoms with van der Waals surface area (Å²) in [7, 11) is 0. The highest BCUT2D eigenvalue weighted by atomic mass is 16.5. The summed E-state index contributed by atoms with van der Waals surface area (Å²) in [6.45, 7) is 13.2. The number of hydrogen-bond acceptors (Lipinski definition) is 2. The maximum atomic E-state index is 11.3. The van der Waals surface area contributed by atoms with E-state index in [1.165, 1.54) is 0 Å². The number of hydrogen-bond donors (Lipinski definition) is 1. The zero-order valence-electron chi connectivity index (χ0n) is 10.9. The van der Waals surface area contributed by atoms with E-state index in [9.17, 15) is 4.79 Å². The van der Waals surface area contributed by atoms with Crippen LogP contribution in [-0.2, 0) is 9.53 Å². The van der Waals surface area contributed by atoms with E-state index < -0.39 is 0 Å². The molecule has 0 saturated heterocycles. The monoisotopic (exact) mass is 215 g/mol. The second-order valence-electron chi connectivity index (χ2n) is 6.06. The van der Waals surface area contributed by atoms with Gasteiger partial charge in [-0.1, -0.05) is 20.8 Å². The van der Waals surface area contributed by atoms with Gasteiger partial charge in [0.1, 0.15) is 6.61 Å². The van der Waals surface area contributed by atoms with Crippen molar-refractivity contribution in [2.45, 2.75) is 53.6 Å². The molecule has 90 valence electrons. The van der Waals surface area contributed by atoms with E-state index in [4.69, 9.17) is 4.74 Å². The summed E-state index contributed by atoms with van der Waals surface area (Å²) >= 11 is 0. The second kappa shape index (κ2) is 5.50. The fourth-order valence-corrected chi connectivity index (χ4v) is 0.910. The molecule has 0 rings (SSSR count). The zero-order valence-corrected chi connectivity index (χ0v) is 10.9. The average molecular weight is 215 g/mol. The molecule has 1 amide bonds. The van der Waals surface area contributed by atoms with Crippen molar-refractivity contribution in [1.82, 2.24) is 5.32 Å². The van der Waals surface area contributed by atoms with Gasteiger partial charge in [-0.25, -0.2) is 0 Å². The third-order valence-corrected chi connectivity index (χ3v) is 1.83. The van der Waals surface area contributed by atoms with Gasteiger partial charge in [-0.05, 0) is 32.6 Å². The standard InChI is InChI=1S/C12H25NO2/c1-11(2,3)7-8-13-10(14)9-15-12(4,5)6/h7-9H2,1-6H3,(H,13,14). The molecular formula is C12H25NO2. The van der Waals surface area contributed by atoms with Gasteiger partial charge in [0.15, 0.2) is 0 Å². The van der Waals surface area contributed by atoms with Crippen molar-refractivity contribution in [2.75, 3.05) is 13.2 Å². The molecule has 0 aliphatic heterocycles. The number of carbonyl (C=O) groups excluding carboxylic acids is 1. The Bertz CT molecular complexity index is 199. The summed E-state index contributed by atoms with van der Waals surface area (Å²) in [4.78, 5) is 11.3. The molecule has 0 aliphatic rings. The Morgan fingerprint density at radius 2 is 1.67 bits per heavy atom. The molecule has 0 aliphatic carbocycles. The van der Waals surface area contributed by atoms with Gasteiger partial charge in [0.05, 0.1) is 5.60 Å². The highest BCUT2D eigenvalue weighted by Crippen LogP contribution is 2.16. The van der Waals surface area contributed by atoms with Crippen LogP contribution in [0.1, 0.15) is 48.0 Å². The Morgan fingerprint density at radius 1 is 1.13 bits per heavy atom. The van der Waals surface area contributed by atoms with Crippen molar-refractivity contribution < 1.29 is 9.53 Å². The Labute approximate surface area is 93.6 Å². The molecule has 0 spiro atoms. The molecule has 0 atom stereocenters. The Balaban J connectivity index is 3.60. The van der Waals surface area contributed by atoms with Gasteiger partial charge in [-0.3, -0.25) is 4.79 Å². The van der Waals surface area contributed by atoms with Crippen LogP contribution in [-0.4, -0.2) is 24.7 Å². The van der Waals surface area contributed by atoms with Crippen LogP contribution in [0.5, 0.6) is 0 Å². The SMILES string of the molecule is CC(C)(C)CCNC(=O)COC(C)(C)C. The molecule has 0 aromatic carbocycles. The molecule has 15 heavy (non-hydrogen) atoms. The second-order valence-corrected chi connectivity index (χ2v) is 6.06. The normalized spacial score (nSPS) is 12.7. The number of rotatable bonds is 4. The molecular weight excluding hydrogens is 190 g/mol. The lowest BCUT2D eigenvalue weighted by Crippen LogP contribution is -2.33. The van der Waals surface area contributed by atoms with Crippen LogP contribution in [0.15, 0.2) is 0 Å². The van der Waals surface area contributed by atoms with Crippen LogP contribution >= 0.6 is 0 Å². The Kier molecular flexibility index (Phi) is 5.29. The number of carbonyl (C=O) groups is 1. The van der Waals surface area contributed by atoms with E-state index in [0.717, 1.165) is 13.0 Å². The van der Waals surface area contributed by atoms with Crippen LogP contribution in [0.25, 0.3) is 0 Å². The summed E-state index contributed by atoms with van der Waals surface area (Å²) in [6, 6.07) is 0. The maximum Gasteiger partial charge on any atom is 0.246 e. The van der Waals surface area contributed by atoms with Gasteiger partial charge in [0, 0.05) is 6.54 Å². The molecule has 0 radical (unpaired) electrons. The first-order valence-corrected chi connectivity index (χ1v) is 5.51. The van der Waals surface area contributed by atoms with Crippen LogP contribution in [0.2, 0.25) is 0 Å². The van der Waals surface area contributed by atoms with Crippen molar-refractivity contribution in [3.63, 3.8) is 0 Å². The third-order valence-electron chi connectivity index (χ3n) is 1.83. The fraction of sp³-hybridized carbons (Fsp3) is 0.917. The van der Waals surface area contributed by atoms with Crippen LogP contribution in [0.4, 0.5) is 0 Å². The first kappa shape index (κ1) is 14.4. The maximum absolute atomic E-state index is 11.3. The Morgan fingerprint density at radius 3 is 2.07 bits per heavy atom. The first-order valence-electron chi connectivity index (χ1n) is 5.51. The fourth-order valence-electron chi connectivity index (χ4n) is 0.910. The van der Waals surface area contributed by atoms with Gasteiger partial charge in [0.2, 0.25) is 5.91 Å². The molecule has 0 bridgehead atoms. The van der Waals surface area contributed by atoms with Gasteiger partial charge < -0.3 is 10.1 Å². The average Bonchev–Trinajstić information content (AvgIpc) is 1.97. The Hall–Kier alpha value is -0.570. The van der Waals surface area contributed by atoms with Crippen LogP contribution in [0, 0.1) is 5.41 Å². The molecule has 3 heteroatoms. The molecule has 0 fully saturated rings. The number of nitrogens with one attached hydrogen (secondary N) is 1. The molecule has 3 nitrogen and oxygen atoms in total. The molecule has 1 N–H and O–H groups in total. The smallest absolute Gasteiger partial charge is 0.246 e. The summed E-state index contributed by atoms with van der Waals surface area (Å²) in [6.07, 6.45) is 0.980. The third kappa shape index (κ3) is 11.4. The van der Waals surface area contributed by atoms with E-state index in [0.29, 0.717) is 0 Å². The molecule has 0 heterocycles. The summed E-state index contributed by atoms with van der Waals surface area (Å²) in [5, 5.41) is 2.85. The minimum atomic E-state index is -0.249. The minimum Gasteiger partial charge on any atom is -0.366 e. The summed E-state index contributed by atoms with van der Waals surface area (Å²) in [5.41, 5.74) is 0.0134. The summed E-state index contributed by atoms with van der Waals surface area (Å²) < 4.78 is 5.36. The molecule has 0 aromatic heterocycles.